The average molecular weight is 85.2 g/mol. The van der Waals surface area contributed by atoms with Crippen LogP contribution in [0.4, 0.5) is 0 Å². The second kappa shape index (κ2) is 1.23. The zero-order chi connectivity index (χ0) is 4.57. The molecule has 1 atom stereocenters. The molecule has 36 valence electrons. The predicted octanol–water partition coefficient (Wildman–Crippen LogP) is 0.614. The highest BCUT2D eigenvalue weighted by atomic mass is 15.1. The van der Waals surface area contributed by atoms with Crippen molar-refractivity contribution in [2.45, 2.75) is 19.9 Å². The Hall–Kier alpha value is -0.0400. The minimum Gasteiger partial charge on any atom is -0.311 e. The van der Waals surface area contributed by atoms with Gasteiger partial charge >= 0.3 is 0 Å². The number of hydrogen-bond acceptors (Lipinski definition) is 1. The maximum atomic E-state index is 3.23. The van der Waals surface area contributed by atoms with E-state index in [9.17, 15) is 0 Å². The molecule has 0 radical (unpaired) electrons. The van der Waals surface area contributed by atoms with E-state index in [4.69, 9.17) is 0 Å². The molecule has 0 aliphatic carbocycles. The molecular weight excluding hydrogens is 74.1 g/mol. The first-order valence-electron chi connectivity index (χ1n) is 2.54. The van der Waals surface area contributed by atoms with E-state index >= 15 is 0 Å². The molecule has 1 heterocycles. The summed E-state index contributed by atoms with van der Waals surface area (Å²) < 4.78 is 0. The van der Waals surface area contributed by atoms with Gasteiger partial charge in [0.2, 0.25) is 0 Å². The summed E-state index contributed by atoms with van der Waals surface area (Å²) in [5.41, 5.74) is 0. The topological polar surface area (TPSA) is 21.9 Å². The van der Waals surface area contributed by atoms with Gasteiger partial charge in [-0.25, -0.2) is 0 Å². The zero-order valence-electron chi connectivity index (χ0n) is 4.36. The molecule has 0 amide bonds. The average Bonchev–Trinajstić information content (AvgIpc) is 2.06. The van der Waals surface area contributed by atoms with Crippen LogP contribution in [0.25, 0.3) is 0 Å². The van der Waals surface area contributed by atoms with Gasteiger partial charge in [-0.2, -0.15) is 0 Å². The maximum absolute atomic E-state index is 3.23. The molecule has 1 aliphatic rings. The first kappa shape index (κ1) is 4.13. The van der Waals surface area contributed by atoms with Crippen LogP contribution in [0.2, 0.25) is 0 Å². The number of hydrogen-bond donors (Lipinski definition) is 1. The van der Waals surface area contributed by atoms with Crippen LogP contribution in [0.1, 0.15) is 13.8 Å². The molecule has 1 rings (SSSR count). The third-order valence-corrected chi connectivity index (χ3v) is 1.24. The summed E-state index contributed by atoms with van der Waals surface area (Å²) in [5.74, 6) is 0.852. The molecule has 1 nitrogen and oxygen atoms in total. The molecule has 1 saturated heterocycles. The van der Waals surface area contributed by atoms with Gasteiger partial charge in [-0.15, -0.1) is 0 Å². The van der Waals surface area contributed by atoms with Crippen LogP contribution in [-0.2, 0) is 0 Å². The standard InChI is InChI=1S/C5H11N/c1-4(2)5-3-6-5/h4-6H,3H2,1-2H3/t5-/m1/s1. The molecular formula is C5H11N. The van der Waals surface area contributed by atoms with Crippen LogP contribution in [0.5, 0.6) is 0 Å². The zero-order valence-corrected chi connectivity index (χ0v) is 4.36. The van der Waals surface area contributed by atoms with Crippen LogP contribution in [-0.4, -0.2) is 12.6 Å². The fourth-order valence-corrected chi connectivity index (χ4v) is 0.539. The maximum Gasteiger partial charge on any atom is 0.0216 e. The van der Waals surface area contributed by atoms with Gasteiger partial charge in [0.25, 0.3) is 0 Å². The van der Waals surface area contributed by atoms with Crippen LogP contribution >= 0.6 is 0 Å². The quantitative estimate of drug-likeness (QED) is 0.463. The summed E-state index contributed by atoms with van der Waals surface area (Å²) >= 11 is 0. The lowest BCUT2D eigenvalue weighted by Gasteiger charge is -1.92. The van der Waals surface area contributed by atoms with Crippen molar-refractivity contribution < 1.29 is 0 Å². The van der Waals surface area contributed by atoms with Crippen molar-refractivity contribution in [2.24, 2.45) is 5.92 Å². The second-order valence-corrected chi connectivity index (χ2v) is 2.26. The predicted molar refractivity (Wildman–Crippen MR) is 26.6 cm³/mol. The summed E-state index contributed by atoms with van der Waals surface area (Å²) in [6, 6.07) is 0.852. The van der Waals surface area contributed by atoms with E-state index in [1.165, 1.54) is 6.54 Å². The summed E-state index contributed by atoms with van der Waals surface area (Å²) in [4.78, 5) is 0. The van der Waals surface area contributed by atoms with Crippen molar-refractivity contribution in [1.29, 1.82) is 0 Å². The first-order chi connectivity index (χ1) is 2.80. The molecule has 1 N–H and O–H groups in total. The lowest BCUT2D eigenvalue weighted by Crippen LogP contribution is -1.99. The Kier molecular flexibility index (Phi) is 0.845. The molecule has 0 aromatic carbocycles. The highest BCUT2D eigenvalue weighted by molar-refractivity contribution is 4.85. The molecule has 6 heavy (non-hydrogen) atoms. The van der Waals surface area contributed by atoms with Gasteiger partial charge in [0, 0.05) is 12.6 Å². The Morgan fingerprint density at radius 2 is 2.17 bits per heavy atom. The molecule has 1 heteroatoms. The van der Waals surface area contributed by atoms with Crippen LogP contribution < -0.4 is 5.32 Å². The third kappa shape index (κ3) is 0.716. The van der Waals surface area contributed by atoms with E-state index in [0.717, 1.165) is 12.0 Å². The Balaban J connectivity index is 2.13. The highest BCUT2D eigenvalue weighted by Crippen LogP contribution is 2.08. The molecule has 1 aliphatic heterocycles. The first-order valence-corrected chi connectivity index (χ1v) is 2.54. The van der Waals surface area contributed by atoms with Crippen LogP contribution in [0.3, 0.4) is 0 Å². The van der Waals surface area contributed by atoms with Crippen LogP contribution in [0, 0.1) is 5.92 Å². The van der Waals surface area contributed by atoms with E-state index in [-0.39, 0.29) is 0 Å². The molecule has 0 spiro atoms. The summed E-state index contributed by atoms with van der Waals surface area (Å²) in [7, 11) is 0. The van der Waals surface area contributed by atoms with E-state index in [1.807, 2.05) is 0 Å². The Bertz CT molecular complexity index is 45.9. The van der Waals surface area contributed by atoms with Gasteiger partial charge in [-0.1, -0.05) is 13.8 Å². The fraction of sp³-hybridized carbons (Fsp3) is 1.00. The van der Waals surface area contributed by atoms with Crippen molar-refractivity contribution in [1.82, 2.24) is 5.32 Å². The van der Waals surface area contributed by atoms with Gasteiger partial charge < -0.3 is 5.32 Å². The van der Waals surface area contributed by atoms with Gasteiger partial charge in [0.05, 0.1) is 0 Å². The van der Waals surface area contributed by atoms with Gasteiger partial charge in [-0.3, -0.25) is 0 Å². The minimum atomic E-state index is 0.852. The van der Waals surface area contributed by atoms with Crippen molar-refractivity contribution >= 4 is 0 Å². The normalized spacial score (nSPS) is 31.5. The highest BCUT2D eigenvalue weighted by Gasteiger charge is 2.22. The van der Waals surface area contributed by atoms with E-state index < -0.39 is 0 Å². The molecule has 0 saturated carbocycles. The van der Waals surface area contributed by atoms with Gasteiger partial charge in [-0.05, 0) is 5.92 Å². The molecule has 0 bridgehead atoms. The Labute approximate surface area is 38.7 Å². The molecule has 0 aromatic heterocycles. The Morgan fingerprint density at radius 3 is 2.17 bits per heavy atom. The number of nitrogens with one attached hydrogen (secondary N) is 1. The third-order valence-electron chi connectivity index (χ3n) is 1.24. The summed E-state index contributed by atoms with van der Waals surface area (Å²) in [6.45, 7) is 5.73. The van der Waals surface area contributed by atoms with Gasteiger partial charge in [0.15, 0.2) is 0 Å². The van der Waals surface area contributed by atoms with Crippen molar-refractivity contribution in [3.8, 4) is 0 Å². The lowest BCUT2D eigenvalue weighted by atomic mass is 10.1. The fourth-order valence-electron chi connectivity index (χ4n) is 0.539. The molecule has 0 unspecified atom stereocenters. The largest absolute Gasteiger partial charge is 0.311 e. The second-order valence-electron chi connectivity index (χ2n) is 2.26. The SMILES string of the molecule is CC(C)[C@H]1CN1. The minimum absolute atomic E-state index is 0.852. The van der Waals surface area contributed by atoms with E-state index in [2.05, 4.69) is 19.2 Å². The van der Waals surface area contributed by atoms with Crippen LogP contribution in [0.15, 0.2) is 0 Å². The molecule has 1 fully saturated rings. The smallest absolute Gasteiger partial charge is 0.0216 e. The van der Waals surface area contributed by atoms with E-state index in [1.54, 1.807) is 0 Å². The van der Waals surface area contributed by atoms with Crippen molar-refractivity contribution in [3.63, 3.8) is 0 Å². The Morgan fingerprint density at radius 1 is 1.67 bits per heavy atom. The van der Waals surface area contributed by atoms with Crippen molar-refractivity contribution in [2.75, 3.05) is 6.54 Å². The summed E-state index contributed by atoms with van der Waals surface area (Å²) in [5, 5.41) is 3.23. The van der Waals surface area contributed by atoms with Crippen molar-refractivity contribution in [3.05, 3.63) is 0 Å². The number of rotatable bonds is 1. The molecule has 0 aromatic rings. The monoisotopic (exact) mass is 85.1 g/mol. The van der Waals surface area contributed by atoms with E-state index in [0.29, 0.717) is 0 Å². The lowest BCUT2D eigenvalue weighted by molar-refractivity contribution is 0.633. The van der Waals surface area contributed by atoms with Gasteiger partial charge in [0.1, 0.15) is 0 Å². The summed E-state index contributed by atoms with van der Waals surface area (Å²) in [6.07, 6.45) is 0.